The highest BCUT2D eigenvalue weighted by Gasteiger charge is 2.34. The number of rotatable bonds is 6. The van der Waals surface area contributed by atoms with Crippen LogP contribution in [0.3, 0.4) is 0 Å². The number of fused-ring (bicyclic) bond motifs is 2. The number of benzene rings is 3. The molecule has 0 fully saturated rings. The van der Waals surface area contributed by atoms with Crippen LogP contribution in [0.5, 0.6) is 11.5 Å². The molecule has 0 aliphatic carbocycles. The van der Waals surface area contributed by atoms with Crippen molar-refractivity contribution in [3.8, 4) is 34.1 Å². The maximum absolute atomic E-state index is 14.3. The van der Waals surface area contributed by atoms with Gasteiger partial charge in [-0.05, 0) is 54.6 Å². The number of alkyl halides is 3. The minimum Gasteiger partial charge on any atom is -0.456 e. The van der Waals surface area contributed by atoms with E-state index in [2.05, 4.69) is 15.0 Å². The van der Waals surface area contributed by atoms with Gasteiger partial charge >= 0.3 is 6.18 Å². The number of nitrogens with zero attached hydrogens (tertiary/aromatic N) is 3. The van der Waals surface area contributed by atoms with Crippen LogP contribution >= 0.6 is 0 Å². The summed E-state index contributed by atoms with van der Waals surface area (Å²) in [5, 5.41) is 18.1. The molecule has 0 saturated carbocycles. The van der Waals surface area contributed by atoms with Gasteiger partial charge in [-0.2, -0.15) is 13.2 Å². The lowest BCUT2D eigenvalue weighted by molar-refractivity contribution is -0.137. The number of pyridine rings is 1. The normalized spacial score (nSPS) is 11.6. The van der Waals surface area contributed by atoms with E-state index in [1.807, 2.05) is 38.4 Å². The highest BCUT2D eigenvalue weighted by molar-refractivity contribution is 6.01. The number of H-pyrrole nitrogens is 2. The fourth-order valence-corrected chi connectivity index (χ4v) is 5.14. The van der Waals surface area contributed by atoms with Gasteiger partial charge in [-0.15, -0.1) is 0 Å². The summed E-state index contributed by atoms with van der Waals surface area (Å²) >= 11 is 0. The summed E-state index contributed by atoms with van der Waals surface area (Å²) < 4.78 is 48.6. The molecule has 228 valence electrons. The zero-order valence-corrected chi connectivity index (χ0v) is 25.0. The minimum absolute atomic E-state index is 0.00792. The molecule has 11 heteroatoms. The second-order valence-corrected chi connectivity index (χ2v) is 11.1. The van der Waals surface area contributed by atoms with Gasteiger partial charge in [0.25, 0.3) is 0 Å². The van der Waals surface area contributed by atoms with E-state index in [1.165, 1.54) is 18.3 Å². The van der Waals surface area contributed by atoms with E-state index in [4.69, 9.17) is 15.6 Å². The van der Waals surface area contributed by atoms with Crippen molar-refractivity contribution < 1.29 is 17.9 Å². The maximum Gasteiger partial charge on any atom is 0.417 e. The van der Waals surface area contributed by atoms with Crippen LogP contribution in [-0.2, 0) is 6.18 Å². The average molecular weight is 610 g/mol. The van der Waals surface area contributed by atoms with Gasteiger partial charge in [0.05, 0.1) is 23.1 Å². The molecule has 0 saturated heterocycles. The third kappa shape index (κ3) is 5.84. The van der Waals surface area contributed by atoms with Crippen molar-refractivity contribution in [2.45, 2.75) is 6.18 Å². The Balaban J connectivity index is 1.25. The number of hydrogen-bond donors (Lipinski definition) is 4. The van der Waals surface area contributed by atoms with Gasteiger partial charge in [-0.25, -0.2) is 0 Å². The number of nitrogens with one attached hydrogen (secondary N) is 4. The van der Waals surface area contributed by atoms with Crippen LogP contribution in [0.2, 0.25) is 0 Å². The van der Waals surface area contributed by atoms with E-state index in [9.17, 15) is 13.2 Å². The molecule has 45 heavy (non-hydrogen) atoms. The second-order valence-electron chi connectivity index (χ2n) is 11.1. The highest BCUT2D eigenvalue weighted by Crippen LogP contribution is 2.40. The molecule has 3 aromatic carbocycles. The smallest absolute Gasteiger partial charge is 0.417 e. The van der Waals surface area contributed by atoms with E-state index in [0.717, 1.165) is 33.6 Å². The van der Waals surface area contributed by atoms with Crippen LogP contribution in [-0.4, -0.2) is 64.6 Å². The second kappa shape index (κ2) is 11.2. The van der Waals surface area contributed by atoms with Crippen molar-refractivity contribution >= 4 is 33.5 Å². The molecule has 0 spiro atoms. The SMILES string of the molecule is CN(C)C(=N)c1ccc2cc(-c3ccc(Oc4ccc(-c5cc6ccc(C(=N)N(C)C)cc6[nH]5)c(C(F)(F)F)c4)cn3)[nH]c2c1. The summed E-state index contributed by atoms with van der Waals surface area (Å²) in [5.41, 5.74) is 3.80. The molecule has 0 radical (unpaired) electrons. The summed E-state index contributed by atoms with van der Waals surface area (Å²) in [5.74, 6) is 1.01. The molecule has 0 amide bonds. The highest BCUT2D eigenvalue weighted by atomic mass is 19.4. The van der Waals surface area contributed by atoms with Crippen LogP contribution in [0, 0.1) is 10.8 Å². The summed E-state index contributed by atoms with van der Waals surface area (Å²) in [6.07, 6.45) is -3.16. The number of aromatic nitrogens is 3. The topological polar surface area (TPSA) is 108 Å². The first-order valence-corrected chi connectivity index (χ1v) is 14.0. The predicted molar refractivity (Wildman–Crippen MR) is 171 cm³/mol. The third-order valence-electron chi connectivity index (χ3n) is 7.52. The number of halogens is 3. The quantitative estimate of drug-likeness (QED) is 0.113. The molecular formula is C34H30F3N7O. The Labute approximate surface area is 257 Å². The zero-order chi connectivity index (χ0) is 32.0. The first-order valence-electron chi connectivity index (χ1n) is 14.0. The van der Waals surface area contributed by atoms with Crippen molar-refractivity contribution in [2.24, 2.45) is 0 Å². The van der Waals surface area contributed by atoms with Gasteiger partial charge in [0.1, 0.15) is 23.2 Å². The minimum atomic E-state index is -4.63. The van der Waals surface area contributed by atoms with Crippen LogP contribution in [0.1, 0.15) is 16.7 Å². The van der Waals surface area contributed by atoms with Gasteiger partial charge in [0, 0.05) is 72.4 Å². The van der Waals surface area contributed by atoms with Crippen molar-refractivity contribution in [3.63, 3.8) is 0 Å². The molecular weight excluding hydrogens is 579 g/mol. The molecule has 3 heterocycles. The van der Waals surface area contributed by atoms with Crippen LogP contribution in [0.4, 0.5) is 13.2 Å². The number of hydrogen-bond acceptors (Lipinski definition) is 4. The predicted octanol–water partition coefficient (Wildman–Crippen LogP) is 7.96. The largest absolute Gasteiger partial charge is 0.456 e. The lowest BCUT2D eigenvalue weighted by Gasteiger charge is -2.14. The van der Waals surface area contributed by atoms with Gasteiger partial charge in [0.15, 0.2) is 0 Å². The van der Waals surface area contributed by atoms with Crippen molar-refractivity contribution in [1.82, 2.24) is 24.8 Å². The molecule has 0 aliphatic rings. The fourth-order valence-electron chi connectivity index (χ4n) is 5.14. The van der Waals surface area contributed by atoms with Gasteiger partial charge < -0.3 is 24.5 Å². The number of ether oxygens (including phenoxy) is 1. The van der Waals surface area contributed by atoms with Gasteiger partial charge in [-0.1, -0.05) is 24.3 Å². The summed E-state index contributed by atoms with van der Waals surface area (Å²) in [6.45, 7) is 0. The summed E-state index contributed by atoms with van der Waals surface area (Å²) in [7, 11) is 7.15. The molecule has 4 N–H and O–H groups in total. The first-order chi connectivity index (χ1) is 21.4. The molecule has 3 aromatic heterocycles. The van der Waals surface area contributed by atoms with Gasteiger partial charge in [-0.3, -0.25) is 15.8 Å². The molecule has 8 nitrogen and oxygen atoms in total. The molecule has 0 unspecified atom stereocenters. The molecule has 6 aromatic rings. The lowest BCUT2D eigenvalue weighted by Crippen LogP contribution is -2.21. The van der Waals surface area contributed by atoms with E-state index < -0.39 is 11.7 Å². The first kappa shape index (κ1) is 29.5. The third-order valence-corrected chi connectivity index (χ3v) is 7.52. The molecule has 0 aliphatic heterocycles. The maximum atomic E-state index is 14.3. The Morgan fingerprint density at radius 3 is 1.78 bits per heavy atom. The molecule has 6 rings (SSSR count). The van der Waals surface area contributed by atoms with Crippen molar-refractivity contribution in [2.75, 3.05) is 28.2 Å². The Kier molecular flexibility index (Phi) is 7.32. The Morgan fingerprint density at radius 2 is 1.24 bits per heavy atom. The summed E-state index contributed by atoms with van der Waals surface area (Å²) in [4.78, 5) is 14.3. The van der Waals surface area contributed by atoms with E-state index in [-0.39, 0.29) is 11.3 Å². The summed E-state index contributed by atoms with van der Waals surface area (Å²) in [6, 6.07) is 21.9. The number of aromatic amines is 2. The van der Waals surface area contributed by atoms with Crippen molar-refractivity contribution in [3.05, 3.63) is 102 Å². The van der Waals surface area contributed by atoms with Crippen molar-refractivity contribution in [1.29, 1.82) is 10.8 Å². The monoisotopic (exact) mass is 609 g/mol. The molecule has 0 bridgehead atoms. The Bertz CT molecular complexity index is 2070. The average Bonchev–Trinajstić information content (AvgIpc) is 3.63. The lowest BCUT2D eigenvalue weighted by atomic mass is 10.0. The molecule has 0 atom stereocenters. The Morgan fingerprint density at radius 1 is 0.689 bits per heavy atom. The standard InChI is InChI=1S/C34H30F3N7O/c1-43(2)32(38)21-7-5-19-13-30(41-28(19)15-21)25-11-9-23(17-26(25)34(35,36)37)45-24-10-12-27(40-18-24)31-14-20-6-8-22(16-29(20)42-31)33(39)44(3)4/h5-18,38-39,41-42H,1-4H3. The van der Waals surface area contributed by atoms with E-state index in [1.54, 1.807) is 60.3 Å². The van der Waals surface area contributed by atoms with Crippen LogP contribution in [0.15, 0.2) is 85.1 Å². The van der Waals surface area contributed by atoms with E-state index >= 15 is 0 Å². The fraction of sp³-hybridized carbons (Fsp3) is 0.147. The zero-order valence-electron chi connectivity index (χ0n) is 25.0. The van der Waals surface area contributed by atoms with E-state index in [0.29, 0.717) is 39.9 Å². The Hall–Kier alpha value is -5.58. The number of amidine groups is 2. The van der Waals surface area contributed by atoms with Crippen LogP contribution in [0.25, 0.3) is 44.5 Å². The van der Waals surface area contributed by atoms with Crippen LogP contribution < -0.4 is 4.74 Å². The van der Waals surface area contributed by atoms with Gasteiger partial charge in [0.2, 0.25) is 0 Å².